The Labute approximate surface area is 254 Å². The molecule has 2 aliphatic heterocycles. The Kier molecular flexibility index (Phi) is 7.94. The zero-order valence-corrected chi connectivity index (χ0v) is 26.1. The first kappa shape index (κ1) is 30.5. The summed E-state index contributed by atoms with van der Waals surface area (Å²) in [5.74, 6) is 1.55. The molecule has 4 atom stereocenters. The lowest BCUT2D eigenvalue weighted by Gasteiger charge is -2.48. The maximum absolute atomic E-state index is 13.4. The summed E-state index contributed by atoms with van der Waals surface area (Å²) in [6.07, 6.45) is -2.33. The lowest BCUT2D eigenvalue weighted by atomic mass is 9.94. The molecule has 3 aromatic heterocycles. The van der Waals surface area contributed by atoms with Crippen molar-refractivity contribution in [2.75, 3.05) is 24.6 Å². The van der Waals surface area contributed by atoms with E-state index >= 15 is 0 Å². The number of piperazine rings is 1. The van der Waals surface area contributed by atoms with E-state index in [9.17, 15) is 18.0 Å². The number of benzene rings is 1. The van der Waals surface area contributed by atoms with Crippen molar-refractivity contribution in [3.63, 3.8) is 0 Å². The Morgan fingerprint density at radius 1 is 1.05 bits per heavy atom. The molecule has 0 radical (unpaired) electrons. The number of anilines is 1. The smallest absolute Gasteiger partial charge is 0.376 e. The molecule has 2 saturated heterocycles. The number of pyridine rings is 1. The van der Waals surface area contributed by atoms with E-state index in [0.717, 1.165) is 48.7 Å². The summed E-state index contributed by atoms with van der Waals surface area (Å²) in [5, 5.41) is 0.672. The van der Waals surface area contributed by atoms with Crippen LogP contribution < -0.4 is 10.6 Å². The predicted molar refractivity (Wildman–Crippen MR) is 164 cm³/mol. The number of aromatic nitrogens is 5. The van der Waals surface area contributed by atoms with Crippen LogP contribution in [0.4, 0.5) is 19.0 Å². The Bertz CT molecular complexity index is 1740. The maximum Gasteiger partial charge on any atom is 0.416 e. The predicted octanol–water partition coefficient (Wildman–Crippen LogP) is 5.48. The average Bonchev–Trinajstić information content (AvgIpc) is 3.60. The maximum atomic E-state index is 13.4. The minimum Gasteiger partial charge on any atom is -0.376 e. The molecule has 5 heterocycles. The van der Waals surface area contributed by atoms with Crippen LogP contribution >= 0.6 is 0 Å². The molecule has 236 valence electrons. The van der Waals surface area contributed by atoms with E-state index in [1.165, 1.54) is 6.07 Å². The van der Waals surface area contributed by atoms with Crippen LogP contribution in [0.2, 0.25) is 0 Å². The topological polar surface area (TPSA) is 81.3 Å². The van der Waals surface area contributed by atoms with Crippen LogP contribution in [-0.4, -0.2) is 66.9 Å². The zero-order valence-electron chi connectivity index (χ0n) is 26.1. The molecule has 4 aromatic rings. The fraction of sp³-hybridized carbons (Fsp3) is 0.562. The van der Waals surface area contributed by atoms with Crippen LogP contribution in [0, 0.1) is 12.8 Å². The van der Waals surface area contributed by atoms with Crippen LogP contribution in [0.1, 0.15) is 63.7 Å². The molecule has 2 fully saturated rings. The molecule has 12 heteroatoms. The SMILES string of the molecule is Cc1nc2c(N3C[C@@H](C)N([C@H](c4ccc5ccc(C(F)(F)F)cc5n4)C(C)C)C[C@@H]3C)nc(=O)n(C)c2n1C[C@@H]1CCCO1. The molecule has 0 aliphatic carbocycles. The van der Waals surface area contributed by atoms with Gasteiger partial charge in [-0.25, -0.2) is 9.78 Å². The number of rotatable bonds is 6. The van der Waals surface area contributed by atoms with Crippen LogP contribution in [0.25, 0.3) is 22.1 Å². The van der Waals surface area contributed by atoms with E-state index in [4.69, 9.17) is 14.7 Å². The van der Waals surface area contributed by atoms with Crippen molar-refractivity contribution in [2.24, 2.45) is 13.0 Å². The largest absolute Gasteiger partial charge is 0.416 e. The van der Waals surface area contributed by atoms with E-state index in [0.29, 0.717) is 41.9 Å². The number of nitrogens with zero attached hydrogens (tertiary/aromatic N) is 7. The second-order valence-electron chi connectivity index (χ2n) is 12.7. The first-order valence-corrected chi connectivity index (χ1v) is 15.4. The number of hydrogen-bond acceptors (Lipinski definition) is 7. The molecule has 0 bridgehead atoms. The van der Waals surface area contributed by atoms with Crippen molar-refractivity contribution in [3.8, 4) is 0 Å². The molecule has 0 saturated carbocycles. The first-order valence-electron chi connectivity index (χ1n) is 15.4. The normalized spacial score (nSPS) is 22.5. The lowest BCUT2D eigenvalue weighted by Crippen LogP contribution is -2.58. The molecule has 9 nitrogen and oxygen atoms in total. The fourth-order valence-electron chi connectivity index (χ4n) is 6.97. The molecule has 0 amide bonds. The number of imidazole rings is 1. The minimum atomic E-state index is -4.43. The van der Waals surface area contributed by atoms with Crippen molar-refractivity contribution in [1.29, 1.82) is 0 Å². The number of aryl methyl sites for hydroxylation is 2. The summed E-state index contributed by atoms with van der Waals surface area (Å²) in [5.41, 5.74) is 1.50. The summed E-state index contributed by atoms with van der Waals surface area (Å²) in [6, 6.07) is 7.40. The van der Waals surface area contributed by atoms with E-state index in [1.807, 2.05) is 19.1 Å². The number of alkyl halides is 3. The van der Waals surface area contributed by atoms with Gasteiger partial charge in [0.2, 0.25) is 0 Å². The fourth-order valence-corrected chi connectivity index (χ4v) is 6.97. The zero-order chi connectivity index (χ0) is 31.5. The Morgan fingerprint density at radius 3 is 2.48 bits per heavy atom. The summed E-state index contributed by atoms with van der Waals surface area (Å²) in [4.78, 5) is 31.9. The van der Waals surface area contributed by atoms with E-state index in [2.05, 4.69) is 47.0 Å². The van der Waals surface area contributed by atoms with Crippen molar-refractivity contribution in [2.45, 2.75) is 84.4 Å². The summed E-state index contributed by atoms with van der Waals surface area (Å²) < 4.78 is 49.9. The second kappa shape index (κ2) is 11.4. The highest BCUT2D eigenvalue weighted by Crippen LogP contribution is 2.37. The number of ether oxygens (including phenoxy) is 1. The van der Waals surface area contributed by atoms with Gasteiger partial charge in [-0.05, 0) is 57.7 Å². The van der Waals surface area contributed by atoms with Crippen molar-refractivity contribution in [1.82, 2.24) is 29.0 Å². The molecule has 2 aliphatic rings. The van der Waals surface area contributed by atoms with Gasteiger partial charge >= 0.3 is 11.9 Å². The van der Waals surface area contributed by atoms with Crippen LogP contribution in [0.3, 0.4) is 0 Å². The van der Waals surface area contributed by atoms with Crippen molar-refractivity contribution < 1.29 is 17.9 Å². The van der Waals surface area contributed by atoms with Gasteiger partial charge in [-0.2, -0.15) is 18.2 Å². The highest BCUT2D eigenvalue weighted by molar-refractivity contribution is 5.85. The molecule has 6 rings (SSSR count). The second-order valence-corrected chi connectivity index (χ2v) is 12.7. The minimum absolute atomic E-state index is 0.0174. The summed E-state index contributed by atoms with van der Waals surface area (Å²) in [7, 11) is 1.74. The average molecular weight is 612 g/mol. The summed E-state index contributed by atoms with van der Waals surface area (Å²) >= 11 is 0. The van der Waals surface area contributed by atoms with Crippen LogP contribution in [0.5, 0.6) is 0 Å². The molecular weight excluding hydrogens is 571 g/mol. The van der Waals surface area contributed by atoms with E-state index in [1.54, 1.807) is 11.6 Å². The molecule has 0 unspecified atom stereocenters. The number of fused-ring (bicyclic) bond motifs is 2. The molecule has 1 aromatic carbocycles. The lowest BCUT2D eigenvalue weighted by molar-refractivity contribution is -0.137. The van der Waals surface area contributed by atoms with Crippen LogP contribution in [-0.2, 0) is 24.5 Å². The van der Waals surface area contributed by atoms with Gasteiger partial charge in [0.15, 0.2) is 5.82 Å². The van der Waals surface area contributed by atoms with Crippen molar-refractivity contribution in [3.05, 3.63) is 57.9 Å². The monoisotopic (exact) mass is 611 g/mol. The van der Waals surface area contributed by atoms with Gasteiger partial charge in [-0.3, -0.25) is 14.5 Å². The van der Waals surface area contributed by atoms with Gasteiger partial charge < -0.3 is 14.2 Å². The Morgan fingerprint density at radius 2 is 1.80 bits per heavy atom. The molecule has 0 spiro atoms. The third kappa shape index (κ3) is 5.47. The van der Waals surface area contributed by atoms with E-state index in [-0.39, 0.29) is 35.8 Å². The Hall–Kier alpha value is -3.51. The number of halogens is 3. The van der Waals surface area contributed by atoms with E-state index < -0.39 is 11.7 Å². The Balaban J connectivity index is 1.33. The highest BCUT2D eigenvalue weighted by Gasteiger charge is 2.38. The molecule has 0 N–H and O–H groups in total. The van der Waals surface area contributed by atoms with Crippen molar-refractivity contribution >= 4 is 27.9 Å². The van der Waals surface area contributed by atoms with Gasteiger partial charge in [0, 0.05) is 44.2 Å². The first-order chi connectivity index (χ1) is 20.8. The van der Waals surface area contributed by atoms with Gasteiger partial charge in [0.1, 0.15) is 17.0 Å². The van der Waals surface area contributed by atoms with Gasteiger partial charge in [0.25, 0.3) is 0 Å². The van der Waals surface area contributed by atoms with Gasteiger partial charge in [-0.15, -0.1) is 0 Å². The third-order valence-corrected chi connectivity index (χ3v) is 9.20. The standard InChI is InChI=1S/C32H40F3N7O2/c1-18(2)28(25-12-10-22-9-11-23(32(33,34)35)14-26(22)37-25)40-15-20(4)41(16-19(40)3)29-27-30(39(6)31(43)38-29)42(21(5)36-27)17-24-8-7-13-44-24/h9-12,14,18-20,24,28H,7-8,13,15-17H2,1-6H3/t19-,20+,24+,28+/m1/s1. The number of hydrogen-bond donors (Lipinski definition) is 0. The molecular formula is C32H40F3N7O2. The summed E-state index contributed by atoms with van der Waals surface area (Å²) in [6.45, 7) is 13.1. The molecule has 44 heavy (non-hydrogen) atoms. The van der Waals surface area contributed by atoms with Crippen LogP contribution in [0.15, 0.2) is 35.1 Å². The van der Waals surface area contributed by atoms with Gasteiger partial charge in [0.05, 0.1) is 35.5 Å². The highest BCUT2D eigenvalue weighted by atomic mass is 19.4. The van der Waals surface area contributed by atoms with Gasteiger partial charge in [-0.1, -0.05) is 26.0 Å². The quantitative estimate of drug-likeness (QED) is 0.286. The third-order valence-electron chi connectivity index (χ3n) is 9.20.